The summed E-state index contributed by atoms with van der Waals surface area (Å²) in [6, 6.07) is 18.3. The molecule has 0 bridgehead atoms. The first-order valence-corrected chi connectivity index (χ1v) is 8.67. The molecule has 0 unspecified atom stereocenters. The quantitative estimate of drug-likeness (QED) is 0.575. The molecule has 0 aliphatic carbocycles. The van der Waals surface area contributed by atoms with Crippen LogP contribution in [0.3, 0.4) is 0 Å². The molecule has 3 heteroatoms. The van der Waals surface area contributed by atoms with E-state index < -0.39 is 0 Å². The molecule has 1 aliphatic heterocycles. The number of hydrogen-bond donors (Lipinski definition) is 0. The molecule has 0 radical (unpaired) electrons. The van der Waals surface area contributed by atoms with E-state index in [1.807, 2.05) is 46.7 Å². The van der Waals surface area contributed by atoms with E-state index in [0.29, 0.717) is 6.54 Å². The summed E-state index contributed by atoms with van der Waals surface area (Å²) in [6.45, 7) is 6.92. The van der Waals surface area contributed by atoms with Gasteiger partial charge in [0.2, 0.25) is 0 Å². The lowest BCUT2D eigenvalue weighted by Crippen LogP contribution is -2.47. The van der Waals surface area contributed by atoms with Crippen LogP contribution in [0.4, 0.5) is 0 Å². The van der Waals surface area contributed by atoms with Crippen LogP contribution in [0.15, 0.2) is 64.9 Å². The first-order valence-electron chi connectivity index (χ1n) is 7.79. The maximum Gasteiger partial charge on any atom is 0.255 e. The van der Waals surface area contributed by atoms with Gasteiger partial charge in [-0.25, -0.2) is 0 Å². The molecule has 0 N–H and O–H groups in total. The number of carbonyl (C=O) groups is 1. The fourth-order valence-electron chi connectivity index (χ4n) is 2.71. The van der Waals surface area contributed by atoms with Crippen LogP contribution in [0, 0.1) is 0 Å². The minimum atomic E-state index is -0.193. The van der Waals surface area contributed by atoms with Crippen LogP contribution >= 0.6 is 11.8 Å². The molecule has 118 valence electrons. The van der Waals surface area contributed by atoms with Crippen molar-refractivity contribution < 1.29 is 4.79 Å². The van der Waals surface area contributed by atoms with Crippen molar-refractivity contribution in [2.75, 3.05) is 0 Å². The number of rotatable bonds is 2. The predicted octanol–water partition coefficient (Wildman–Crippen LogP) is 4.96. The Balaban J connectivity index is 2.01. The van der Waals surface area contributed by atoms with Crippen LogP contribution < -0.4 is 0 Å². The normalized spacial score (nSPS) is 16.6. The van der Waals surface area contributed by atoms with Crippen molar-refractivity contribution in [3.8, 4) is 0 Å². The highest BCUT2D eigenvalue weighted by molar-refractivity contribution is 8.02. The van der Waals surface area contributed by atoms with Gasteiger partial charge in [0.25, 0.3) is 5.91 Å². The van der Waals surface area contributed by atoms with Crippen molar-refractivity contribution in [2.24, 2.45) is 0 Å². The van der Waals surface area contributed by atoms with Gasteiger partial charge in [-0.15, -0.1) is 0 Å². The standard InChI is InChI=1S/C20H21NOS/c1-20(2,3)21-13-15-9-7-8-12-17(15)18(19(21)22)14-23-16-10-5-4-6-11-16/h4-12,14H,13H2,1-3H3/b18-14+. The largest absolute Gasteiger partial charge is 0.329 e. The molecule has 2 aromatic carbocycles. The molecule has 1 aliphatic rings. The lowest BCUT2D eigenvalue weighted by molar-refractivity contribution is -0.130. The molecule has 1 amide bonds. The molecule has 0 atom stereocenters. The van der Waals surface area contributed by atoms with Gasteiger partial charge in [-0.05, 0) is 49.4 Å². The van der Waals surface area contributed by atoms with Crippen molar-refractivity contribution in [3.63, 3.8) is 0 Å². The maximum absolute atomic E-state index is 13.0. The summed E-state index contributed by atoms with van der Waals surface area (Å²) in [5, 5.41) is 1.99. The summed E-state index contributed by atoms with van der Waals surface area (Å²) in [5.74, 6) is 0.111. The summed E-state index contributed by atoms with van der Waals surface area (Å²) < 4.78 is 0. The molecule has 0 spiro atoms. The highest BCUT2D eigenvalue weighted by atomic mass is 32.2. The minimum absolute atomic E-state index is 0.111. The average molecular weight is 323 g/mol. The Morgan fingerprint density at radius 2 is 1.65 bits per heavy atom. The fraction of sp³-hybridized carbons (Fsp3) is 0.250. The van der Waals surface area contributed by atoms with Gasteiger partial charge in [-0.3, -0.25) is 4.79 Å². The van der Waals surface area contributed by atoms with Crippen LogP contribution in [0.2, 0.25) is 0 Å². The second kappa shape index (κ2) is 6.25. The van der Waals surface area contributed by atoms with Gasteiger partial charge in [0.15, 0.2) is 0 Å². The van der Waals surface area contributed by atoms with E-state index in [4.69, 9.17) is 0 Å². The Kier molecular flexibility index (Phi) is 4.31. The van der Waals surface area contributed by atoms with E-state index in [1.165, 1.54) is 5.56 Å². The van der Waals surface area contributed by atoms with Crippen molar-refractivity contribution in [1.29, 1.82) is 0 Å². The number of thioether (sulfide) groups is 1. The minimum Gasteiger partial charge on any atom is -0.329 e. The molecular weight excluding hydrogens is 302 g/mol. The topological polar surface area (TPSA) is 20.3 Å². The number of carbonyl (C=O) groups excluding carboxylic acids is 1. The van der Waals surface area contributed by atoms with Crippen molar-refractivity contribution in [2.45, 2.75) is 37.8 Å². The fourth-order valence-corrected chi connectivity index (χ4v) is 3.50. The van der Waals surface area contributed by atoms with Crippen molar-refractivity contribution in [1.82, 2.24) is 4.90 Å². The molecule has 0 aromatic heterocycles. The highest BCUT2D eigenvalue weighted by Crippen LogP contribution is 2.35. The molecule has 3 rings (SSSR count). The number of hydrogen-bond acceptors (Lipinski definition) is 2. The van der Waals surface area contributed by atoms with Gasteiger partial charge in [0.05, 0.1) is 5.57 Å². The van der Waals surface area contributed by atoms with Crippen LogP contribution in [-0.4, -0.2) is 16.3 Å². The Morgan fingerprint density at radius 3 is 2.35 bits per heavy atom. The second-order valence-electron chi connectivity index (χ2n) is 6.68. The lowest BCUT2D eigenvalue weighted by atomic mass is 9.92. The van der Waals surface area contributed by atoms with E-state index >= 15 is 0 Å². The third-order valence-corrected chi connectivity index (χ3v) is 4.88. The second-order valence-corrected chi connectivity index (χ2v) is 7.62. The smallest absolute Gasteiger partial charge is 0.255 e. The van der Waals surface area contributed by atoms with E-state index in [1.54, 1.807) is 11.8 Å². The molecule has 0 fully saturated rings. The van der Waals surface area contributed by atoms with Crippen molar-refractivity contribution >= 4 is 23.2 Å². The lowest BCUT2D eigenvalue weighted by Gasteiger charge is -2.40. The molecule has 2 nitrogen and oxygen atoms in total. The van der Waals surface area contributed by atoms with E-state index in [0.717, 1.165) is 16.0 Å². The highest BCUT2D eigenvalue weighted by Gasteiger charge is 2.34. The summed E-state index contributed by atoms with van der Waals surface area (Å²) in [5.41, 5.74) is 2.86. The zero-order valence-electron chi connectivity index (χ0n) is 13.7. The molecule has 23 heavy (non-hydrogen) atoms. The van der Waals surface area contributed by atoms with Gasteiger partial charge < -0.3 is 4.90 Å². The van der Waals surface area contributed by atoms with E-state index in [9.17, 15) is 4.79 Å². The Hall–Kier alpha value is -2.00. The maximum atomic E-state index is 13.0. The molecule has 2 aromatic rings. The number of fused-ring (bicyclic) bond motifs is 1. The summed E-state index contributed by atoms with van der Waals surface area (Å²) in [4.78, 5) is 16.1. The van der Waals surface area contributed by atoms with E-state index in [-0.39, 0.29) is 11.4 Å². The van der Waals surface area contributed by atoms with Gasteiger partial charge in [-0.2, -0.15) is 0 Å². The summed E-state index contributed by atoms with van der Waals surface area (Å²) >= 11 is 1.60. The first kappa shape index (κ1) is 15.9. The van der Waals surface area contributed by atoms with Crippen LogP contribution in [0.1, 0.15) is 31.9 Å². The van der Waals surface area contributed by atoms with Crippen LogP contribution in [0.5, 0.6) is 0 Å². The van der Waals surface area contributed by atoms with Gasteiger partial charge >= 0.3 is 0 Å². The van der Waals surface area contributed by atoms with Gasteiger partial charge in [0, 0.05) is 17.0 Å². The first-order chi connectivity index (χ1) is 11.0. The Bertz CT molecular complexity index is 744. The zero-order valence-corrected chi connectivity index (χ0v) is 14.6. The molecular formula is C20H21NOS. The average Bonchev–Trinajstić information content (AvgIpc) is 2.53. The number of benzene rings is 2. The monoisotopic (exact) mass is 323 g/mol. The van der Waals surface area contributed by atoms with Gasteiger partial charge in [-0.1, -0.05) is 54.2 Å². The molecule has 0 saturated carbocycles. The Labute approximate surface area is 142 Å². The number of amides is 1. The Morgan fingerprint density at radius 1 is 1.00 bits per heavy atom. The van der Waals surface area contributed by atoms with Crippen molar-refractivity contribution in [3.05, 3.63) is 71.1 Å². The van der Waals surface area contributed by atoms with Crippen LogP contribution in [0.25, 0.3) is 5.57 Å². The van der Waals surface area contributed by atoms with E-state index in [2.05, 4.69) is 39.0 Å². The SMILES string of the molecule is CC(C)(C)N1Cc2ccccc2/C(=C\Sc2ccccc2)C1=O. The molecule has 1 heterocycles. The predicted molar refractivity (Wildman–Crippen MR) is 97.0 cm³/mol. The third kappa shape index (κ3) is 3.35. The number of nitrogens with zero attached hydrogens (tertiary/aromatic N) is 1. The zero-order chi connectivity index (χ0) is 16.4. The summed E-state index contributed by atoms with van der Waals surface area (Å²) in [7, 11) is 0. The third-order valence-electron chi connectivity index (χ3n) is 3.98. The summed E-state index contributed by atoms with van der Waals surface area (Å²) in [6.07, 6.45) is 0. The molecule has 0 saturated heterocycles. The van der Waals surface area contributed by atoms with Gasteiger partial charge in [0.1, 0.15) is 0 Å². The van der Waals surface area contributed by atoms with Crippen LogP contribution in [-0.2, 0) is 11.3 Å².